The number of ether oxygens (including phenoxy) is 3. The molecule has 0 spiro atoms. The predicted octanol–water partition coefficient (Wildman–Crippen LogP) is 3.46. The number of nitrogens with one attached hydrogen (secondary N) is 1. The molecule has 1 N–H and O–H groups in total. The Morgan fingerprint density at radius 1 is 1.00 bits per heavy atom. The van der Waals surface area contributed by atoms with Crippen LogP contribution in [0.25, 0.3) is 11.3 Å². The summed E-state index contributed by atoms with van der Waals surface area (Å²) >= 11 is 0. The number of amides is 1. The Balaban J connectivity index is 1.75. The van der Waals surface area contributed by atoms with Crippen molar-refractivity contribution in [1.82, 2.24) is 9.78 Å². The first-order chi connectivity index (χ1) is 15.2. The van der Waals surface area contributed by atoms with Crippen LogP contribution in [0.2, 0.25) is 0 Å². The maximum absolute atomic E-state index is 12.3. The molecule has 8 nitrogen and oxygen atoms in total. The zero-order valence-corrected chi connectivity index (χ0v) is 17.0. The highest BCUT2D eigenvalue weighted by Crippen LogP contribution is 2.31. The predicted molar refractivity (Wildman–Crippen MR) is 109 cm³/mol. The molecule has 3 aromatic rings. The molecule has 11 heteroatoms. The van der Waals surface area contributed by atoms with E-state index in [0.29, 0.717) is 22.8 Å². The summed E-state index contributed by atoms with van der Waals surface area (Å²) in [6.07, 6.45) is -4.81. The van der Waals surface area contributed by atoms with Crippen LogP contribution in [0.3, 0.4) is 0 Å². The van der Waals surface area contributed by atoms with Crippen molar-refractivity contribution in [2.45, 2.75) is 12.9 Å². The lowest BCUT2D eigenvalue weighted by atomic mass is 10.1. The molecule has 0 fully saturated rings. The molecule has 1 amide bonds. The summed E-state index contributed by atoms with van der Waals surface area (Å²) in [6.45, 7) is -0.411. The van der Waals surface area contributed by atoms with E-state index in [4.69, 9.17) is 9.47 Å². The molecule has 32 heavy (non-hydrogen) atoms. The summed E-state index contributed by atoms with van der Waals surface area (Å²) in [4.78, 5) is 24.5. The lowest BCUT2D eigenvalue weighted by molar-refractivity contribution is -0.274. The highest BCUT2D eigenvalue weighted by atomic mass is 19.4. The molecule has 1 heterocycles. The molecular formula is C21H18F3N3O5. The minimum Gasteiger partial charge on any atom is -0.497 e. The number of benzene rings is 2. The summed E-state index contributed by atoms with van der Waals surface area (Å²) in [7, 11) is 3.00. The molecule has 168 valence electrons. The Kier molecular flexibility index (Phi) is 6.67. The number of methoxy groups -OCH3 is 2. The van der Waals surface area contributed by atoms with Crippen LogP contribution in [0.4, 0.5) is 18.9 Å². The van der Waals surface area contributed by atoms with Gasteiger partial charge in [0.25, 0.3) is 5.56 Å². The van der Waals surface area contributed by atoms with E-state index < -0.39 is 30.1 Å². The highest BCUT2D eigenvalue weighted by molar-refractivity contribution is 5.90. The van der Waals surface area contributed by atoms with Gasteiger partial charge in [-0.3, -0.25) is 9.59 Å². The molecule has 2 aromatic carbocycles. The quantitative estimate of drug-likeness (QED) is 0.594. The van der Waals surface area contributed by atoms with Crippen molar-refractivity contribution < 1.29 is 32.2 Å². The van der Waals surface area contributed by atoms with Gasteiger partial charge in [0.05, 0.1) is 19.9 Å². The minimum atomic E-state index is -4.81. The average molecular weight is 449 g/mol. The maximum Gasteiger partial charge on any atom is 0.573 e. The van der Waals surface area contributed by atoms with E-state index in [0.717, 1.165) is 16.8 Å². The fraction of sp³-hybridized carbons (Fsp3) is 0.190. The number of carbonyl (C=O) groups excluding carboxylic acids is 1. The van der Waals surface area contributed by atoms with E-state index in [1.165, 1.54) is 38.5 Å². The fourth-order valence-corrected chi connectivity index (χ4v) is 2.79. The van der Waals surface area contributed by atoms with Gasteiger partial charge in [-0.2, -0.15) is 5.10 Å². The number of rotatable bonds is 7. The third-order valence-electron chi connectivity index (χ3n) is 4.22. The van der Waals surface area contributed by atoms with Gasteiger partial charge in [0.15, 0.2) is 0 Å². The van der Waals surface area contributed by atoms with Crippen molar-refractivity contribution in [3.8, 4) is 28.5 Å². The van der Waals surface area contributed by atoms with Gasteiger partial charge in [-0.25, -0.2) is 4.68 Å². The Morgan fingerprint density at radius 2 is 1.69 bits per heavy atom. The molecular weight excluding hydrogens is 431 g/mol. The van der Waals surface area contributed by atoms with E-state index in [-0.39, 0.29) is 5.69 Å². The second-order valence-corrected chi connectivity index (χ2v) is 6.40. The minimum absolute atomic E-state index is 0.227. The van der Waals surface area contributed by atoms with Gasteiger partial charge in [0, 0.05) is 23.4 Å². The Labute approximate surface area is 180 Å². The standard InChI is InChI=1S/C21H18F3N3O5/c1-30-15-7-8-16(18(11-15)31-2)17-9-10-20(29)27(26-17)12-19(28)25-13-3-5-14(6-4-13)32-21(22,23)24/h3-11H,12H2,1-2H3,(H,25,28). The van der Waals surface area contributed by atoms with Gasteiger partial charge in [-0.1, -0.05) is 0 Å². The molecule has 0 aliphatic carbocycles. The van der Waals surface area contributed by atoms with Gasteiger partial charge >= 0.3 is 6.36 Å². The summed E-state index contributed by atoms with van der Waals surface area (Å²) in [5.74, 6) is 0.0232. The van der Waals surface area contributed by atoms with E-state index in [1.54, 1.807) is 18.2 Å². The van der Waals surface area contributed by atoms with E-state index in [9.17, 15) is 22.8 Å². The lowest BCUT2D eigenvalue weighted by Gasteiger charge is -2.12. The second-order valence-electron chi connectivity index (χ2n) is 6.40. The van der Waals surface area contributed by atoms with Crippen LogP contribution < -0.4 is 25.1 Å². The van der Waals surface area contributed by atoms with Gasteiger partial charge in [-0.05, 0) is 42.5 Å². The number of anilines is 1. The zero-order chi connectivity index (χ0) is 23.3. The van der Waals surface area contributed by atoms with Gasteiger partial charge in [-0.15, -0.1) is 13.2 Å². The van der Waals surface area contributed by atoms with Gasteiger partial charge in [0.1, 0.15) is 23.8 Å². The summed E-state index contributed by atoms with van der Waals surface area (Å²) in [5, 5.41) is 6.71. The molecule has 0 atom stereocenters. The van der Waals surface area contributed by atoms with Crippen LogP contribution in [0, 0.1) is 0 Å². The first-order valence-corrected chi connectivity index (χ1v) is 9.15. The largest absolute Gasteiger partial charge is 0.573 e. The topological polar surface area (TPSA) is 91.7 Å². The van der Waals surface area contributed by atoms with Gasteiger partial charge in [0.2, 0.25) is 5.91 Å². The second kappa shape index (κ2) is 9.41. The third kappa shape index (κ3) is 5.78. The molecule has 1 aromatic heterocycles. The van der Waals surface area contributed by atoms with E-state index in [2.05, 4.69) is 15.2 Å². The van der Waals surface area contributed by atoms with Crippen molar-refractivity contribution in [3.63, 3.8) is 0 Å². The van der Waals surface area contributed by atoms with Crippen molar-refractivity contribution in [3.05, 3.63) is 65.0 Å². The van der Waals surface area contributed by atoms with Crippen molar-refractivity contribution in [1.29, 1.82) is 0 Å². The number of alkyl halides is 3. The monoisotopic (exact) mass is 449 g/mol. The normalized spacial score (nSPS) is 11.0. The van der Waals surface area contributed by atoms with Crippen molar-refractivity contribution in [2.75, 3.05) is 19.5 Å². The molecule has 0 unspecified atom stereocenters. The summed E-state index contributed by atoms with van der Waals surface area (Å²) in [5.41, 5.74) is 0.698. The molecule has 0 saturated carbocycles. The highest BCUT2D eigenvalue weighted by Gasteiger charge is 2.31. The van der Waals surface area contributed by atoms with Crippen LogP contribution in [-0.2, 0) is 11.3 Å². The first-order valence-electron chi connectivity index (χ1n) is 9.15. The van der Waals surface area contributed by atoms with Gasteiger partial charge < -0.3 is 19.5 Å². The number of aromatic nitrogens is 2. The maximum atomic E-state index is 12.3. The number of halogens is 3. The zero-order valence-electron chi connectivity index (χ0n) is 17.0. The Hall–Kier alpha value is -4.02. The van der Waals surface area contributed by atoms with Crippen LogP contribution in [0.5, 0.6) is 17.2 Å². The Bertz CT molecular complexity index is 1160. The average Bonchev–Trinajstić information content (AvgIpc) is 2.75. The molecule has 3 rings (SSSR count). The summed E-state index contributed by atoms with van der Waals surface area (Å²) < 4.78 is 51.9. The SMILES string of the molecule is COc1ccc(-c2ccc(=O)n(CC(=O)Nc3ccc(OC(F)(F)F)cc3)n2)c(OC)c1. The molecule has 0 aliphatic rings. The third-order valence-corrected chi connectivity index (χ3v) is 4.22. The number of hydrogen-bond donors (Lipinski definition) is 1. The Morgan fingerprint density at radius 3 is 2.31 bits per heavy atom. The molecule has 0 bridgehead atoms. The van der Waals surface area contributed by atoms with Crippen LogP contribution in [-0.4, -0.2) is 36.3 Å². The van der Waals surface area contributed by atoms with Crippen LogP contribution in [0.1, 0.15) is 0 Å². The van der Waals surface area contributed by atoms with Crippen molar-refractivity contribution >= 4 is 11.6 Å². The van der Waals surface area contributed by atoms with E-state index in [1.807, 2.05) is 0 Å². The molecule has 0 saturated heterocycles. The van der Waals surface area contributed by atoms with Crippen LogP contribution >= 0.6 is 0 Å². The van der Waals surface area contributed by atoms with Crippen molar-refractivity contribution in [2.24, 2.45) is 0 Å². The number of carbonyl (C=O) groups is 1. The smallest absolute Gasteiger partial charge is 0.497 e. The number of nitrogens with zero attached hydrogens (tertiary/aromatic N) is 2. The number of hydrogen-bond acceptors (Lipinski definition) is 6. The molecule has 0 radical (unpaired) electrons. The first kappa shape index (κ1) is 22.7. The van der Waals surface area contributed by atoms with E-state index >= 15 is 0 Å². The fourth-order valence-electron chi connectivity index (χ4n) is 2.79. The summed E-state index contributed by atoms with van der Waals surface area (Å²) in [6, 6.07) is 12.4. The molecule has 0 aliphatic heterocycles. The van der Waals surface area contributed by atoms with Crippen LogP contribution in [0.15, 0.2) is 59.4 Å². The lowest BCUT2D eigenvalue weighted by Crippen LogP contribution is -2.29.